The number of hydrogen-bond acceptors (Lipinski definition) is 5. The molecule has 25 heavy (non-hydrogen) atoms. The molecule has 1 N–H and O–H groups in total. The molecule has 0 radical (unpaired) electrons. The second kappa shape index (κ2) is 7.07. The zero-order chi connectivity index (χ0) is 18.0. The molecular formula is C18H22FN3O2S. The van der Waals surface area contributed by atoms with Crippen molar-refractivity contribution in [3.63, 3.8) is 0 Å². The molecule has 0 saturated carbocycles. The molecule has 3 rings (SSSR count). The fourth-order valence-corrected chi connectivity index (χ4v) is 4.07. The van der Waals surface area contributed by atoms with Crippen molar-refractivity contribution in [3.05, 3.63) is 52.2 Å². The molecular weight excluding hydrogens is 341 g/mol. The molecule has 0 unspecified atom stereocenters. The predicted octanol–water partition coefficient (Wildman–Crippen LogP) is 2.96. The van der Waals surface area contributed by atoms with Gasteiger partial charge >= 0.3 is 0 Å². The molecule has 7 heteroatoms. The van der Waals surface area contributed by atoms with Gasteiger partial charge in [0.25, 0.3) is 0 Å². The Morgan fingerprint density at radius 3 is 2.68 bits per heavy atom. The number of benzene rings is 1. The van der Waals surface area contributed by atoms with E-state index in [9.17, 15) is 12.8 Å². The van der Waals surface area contributed by atoms with E-state index >= 15 is 0 Å². The summed E-state index contributed by atoms with van der Waals surface area (Å²) in [4.78, 5) is 9.01. The van der Waals surface area contributed by atoms with Crippen LogP contribution in [0.4, 0.5) is 10.2 Å². The van der Waals surface area contributed by atoms with Gasteiger partial charge in [0.1, 0.15) is 17.5 Å². The molecule has 134 valence electrons. The van der Waals surface area contributed by atoms with Gasteiger partial charge in [-0.3, -0.25) is 0 Å². The van der Waals surface area contributed by atoms with Crippen LogP contribution in [0.2, 0.25) is 0 Å². The van der Waals surface area contributed by atoms with E-state index in [4.69, 9.17) is 0 Å². The number of nitrogens with zero attached hydrogens (tertiary/aromatic N) is 2. The number of fused-ring (bicyclic) bond motifs is 1. The predicted molar refractivity (Wildman–Crippen MR) is 95.7 cm³/mol. The number of hydrogen-bond donors (Lipinski definition) is 1. The Bertz CT molecular complexity index is 897. The number of halogens is 1. The van der Waals surface area contributed by atoms with Gasteiger partial charge in [-0.1, -0.05) is 6.07 Å². The van der Waals surface area contributed by atoms with Crippen molar-refractivity contribution in [2.24, 2.45) is 0 Å². The van der Waals surface area contributed by atoms with Crippen LogP contribution in [0.15, 0.2) is 18.2 Å². The van der Waals surface area contributed by atoms with E-state index in [1.807, 2.05) is 6.92 Å². The van der Waals surface area contributed by atoms with Gasteiger partial charge in [-0.15, -0.1) is 0 Å². The Morgan fingerprint density at radius 1 is 1.16 bits per heavy atom. The van der Waals surface area contributed by atoms with Crippen molar-refractivity contribution in [1.29, 1.82) is 0 Å². The highest BCUT2D eigenvalue weighted by molar-refractivity contribution is 7.89. The minimum atomic E-state index is -3.19. The quantitative estimate of drug-likeness (QED) is 0.884. The van der Waals surface area contributed by atoms with E-state index in [1.54, 1.807) is 0 Å². The summed E-state index contributed by atoms with van der Waals surface area (Å²) in [5.74, 6) is 0.996. The Labute approximate surface area is 147 Å². The number of aryl methyl sites for hydroxylation is 2. The van der Waals surface area contributed by atoms with Crippen molar-refractivity contribution in [1.82, 2.24) is 9.97 Å². The third-order valence-electron chi connectivity index (χ3n) is 4.33. The van der Waals surface area contributed by atoms with Crippen molar-refractivity contribution >= 4 is 15.7 Å². The van der Waals surface area contributed by atoms with Crippen LogP contribution in [0.1, 0.15) is 41.1 Å². The highest BCUT2D eigenvalue weighted by Crippen LogP contribution is 2.26. The summed E-state index contributed by atoms with van der Waals surface area (Å²) in [7, 11) is -3.19. The van der Waals surface area contributed by atoms with Gasteiger partial charge in [0, 0.05) is 24.1 Å². The maximum atomic E-state index is 13.6. The number of rotatable bonds is 5. The summed E-state index contributed by atoms with van der Waals surface area (Å²) in [5.41, 5.74) is 3.44. The summed E-state index contributed by atoms with van der Waals surface area (Å²) in [5, 5.41) is 3.27. The standard InChI is InChI=1S/C18H22FN3O2S/c1-12-21-17-6-4-3-5-16(17)18(22-12)20-10-14-9-15(19)8-7-13(14)11-25(2,23)24/h7-9H,3-6,10-11H2,1-2H3,(H,20,21,22). The van der Waals surface area contributed by atoms with Crippen molar-refractivity contribution in [2.45, 2.75) is 44.9 Å². The molecule has 0 fully saturated rings. The average molecular weight is 363 g/mol. The van der Waals surface area contributed by atoms with Crippen molar-refractivity contribution in [3.8, 4) is 0 Å². The van der Waals surface area contributed by atoms with E-state index in [-0.39, 0.29) is 11.6 Å². The van der Waals surface area contributed by atoms with E-state index < -0.39 is 9.84 Å². The highest BCUT2D eigenvalue weighted by Gasteiger charge is 2.17. The number of anilines is 1. The summed E-state index contributed by atoms with van der Waals surface area (Å²) < 4.78 is 36.9. The summed E-state index contributed by atoms with van der Waals surface area (Å²) in [6, 6.07) is 4.21. The van der Waals surface area contributed by atoms with Crippen LogP contribution in [0.5, 0.6) is 0 Å². The number of nitrogens with one attached hydrogen (secondary N) is 1. The molecule has 0 aliphatic heterocycles. The first-order valence-corrected chi connectivity index (χ1v) is 10.4. The third-order valence-corrected chi connectivity index (χ3v) is 5.16. The van der Waals surface area contributed by atoms with E-state index in [1.165, 1.54) is 24.5 Å². The molecule has 1 aliphatic rings. The van der Waals surface area contributed by atoms with Crippen LogP contribution >= 0.6 is 0 Å². The molecule has 1 aromatic carbocycles. The lowest BCUT2D eigenvalue weighted by molar-refractivity contribution is 0.600. The first kappa shape index (κ1) is 17.8. The molecule has 2 aromatic rings. The SMILES string of the molecule is Cc1nc2c(c(NCc3cc(F)ccc3CS(C)(=O)=O)n1)CCCC2. The van der Waals surface area contributed by atoms with Crippen LogP contribution in [0.3, 0.4) is 0 Å². The number of sulfone groups is 1. The minimum absolute atomic E-state index is 0.106. The molecule has 0 spiro atoms. The van der Waals surface area contributed by atoms with E-state index in [0.29, 0.717) is 23.5 Å². The van der Waals surface area contributed by atoms with Gasteiger partial charge in [-0.05, 0) is 55.9 Å². The van der Waals surface area contributed by atoms with Gasteiger partial charge < -0.3 is 5.32 Å². The normalized spacial score (nSPS) is 14.2. The second-order valence-corrected chi connectivity index (χ2v) is 8.73. The topological polar surface area (TPSA) is 72.0 Å². The van der Waals surface area contributed by atoms with Gasteiger partial charge in [0.05, 0.1) is 5.75 Å². The fraction of sp³-hybridized carbons (Fsp3) is 0.444. The zero-order valence-corrected chi connectivity index (χ0v) is 15.3. The lowest BCUT2D eigenvalue weighted by Crippen LogP contribution is -2.14. The van der Waals surface area contributed by atoms with Gasteiger partial charge in [-0.2, -0.15) is 0 Å². The third kappa shape index (κ3) is 4.54. The lowest BCUT2D eigenvalue weighted by atomic mass is 9.96. The van der Waals surface area contributed by atoms with E-state index in [2.05, 4.69) is 15.3 Å². The highest BCUT2D eigenvalue weighted by atomic mass is 32.2. The van der Waals surface area contributed by atoms with Crippen molar-refractivity contribution < 1.29 is 12.8 Å². The molecule has 5 nitrogen and oxygen atoms in total. The summed E-state index contributed by atoms with van der Waals surface area (Å²) >= 11 is 0. The molecule has 0 atom stereocenters. The molecule has 1 aromatic heterocycles. The van der Waals surface area contributed by atoms with Gasteiger partial charge in [0.2, 0.25) is 0 Å². The Balaban J connectivity index is 1.87. The monoisotopic (exact) mass is 363 g/mol. The summed E-state index contributed by atoms with van der Waals surface area (Å²) in [6.45, 7) is 2.18. The Hall–Kier alpha value is -2.02. The largest absolute Gasteiger partial charge is 0.366 e. The van der Waals surface area contributed by atoms with Crippen LogP contribution in [0, 0.1) is 12.7 Å². The van der Waals surface area contributed by atoms with Crippen molar-refractivity contribution in [2.75, 3.05) is 11.6 Å². The lowest BCUT2D eigenvalue weighted by Gasteiger charge is -2.19. The number of aromatic nitrogens is 2. The zero-order valence-electron chi connectivity index (χ0n) is 14.5. The van der Waals surface area contributed by atoms with Crippen LogP contribution in [-0.4, -0.2) is 24.6 Å². The smallest absolute Gasteiger partial charge is 0.151 e. The molecule has 0 saturated heterocycles. The fourth-order valence-electron chi connectivity index (χ4n) is 3.22. The second-order valence-electron chi connectivity index (χ2n) is 6.59. The molecule has 0 amide bonds. The molecule has 1 heterocycles. The summed E-state index contributed by atoms with van der Waals surface area (Å²) in [6.07, 6.45) is 5.29. The Kier molecular flexibility index (Phi) is 5.03. The van der Waals surface area contributed by atoms with Gasteiger partial charge in [-0.25, -0.2) is 22.8 Å². The maximum Gasteiger partial charge on any atom is 0.151 e. The van der Waals surface area contributed by atoms with Gasteiger partial charge in [0.15, 0.2) is 9.84 Å². The van der Waals surface area contributed by atoms with Crippen LogP contribution in [-0.2, 0) is 35.0 Å². The first-order chi connectivity index (χ1) is 11.8. The first-order valence-electron chi connectivity index (χ1n) is 8.37. The average Bonchev–Trinajstić information content (AvgIpc) is 2.53. The van der Waals surface area contributed by atoms with Crippen LogP contribution in [0.25, 0.3) is 0 Å². The maximum absolute atomic E-state index is 13.6. The Morgan fingerprint density at radius 2 is 1.92 bits per heavy atom. The molecule has 0 bridgehead atoms. The molecule has 1 aliphatic carbocycles. The van der Waals surface area contributed by atoms with E-state index in [0.717, 1.165) is 42.8 Å². The minimum Gasteiger partial charge on any atom is -0.366 e. The van der Waals surface area contributed by atoms with Crippen LogP contribution < -0.4 is 5.32 Å².